The summed E-state index contributed by atoms with van der Waals surface area (Å²) in [6.07, 6.45) is -10.8. The quantitative estimate of drug-likeness (QED) is 0.500. The Kier molecular flexibility index (Phi) is 4.52. The summed E-state index contributed by atoms with van der Waals surface area (Å²) in [5, 5.41) is 0. The lowest BCUT2D eigenvalue weighted by atomic mass is 10.1. The average molecular weight is 406 g/mol. The normalized spacial score (nSPS) is 12.9. The predicted molar refractivity (Wildman–Crippen MR) is 55.8 cm³/mol. The monoisotopic (exact) mass is 406 g/mol. The largest absolute Gasteiger partial charge is 0.433 e. The second-order valence-corrected chi connectivity index (χ2v) is 4.34. The Morgan fingerprint density at radius 3 is 1.84 bits per heavy atom. The molecule has 10 heteroatoms. The fraction of sp³-hybridized carbons (Fsp3) is 0.333. The Morgan fingerprint density at radius 2 is 1.47 bits per heavy atom. The van der Waals surface area contributed by atoms with Crippen molar-refractivity contribution in [2.24, 2.45) is 0 Å². The van der Waals surface area contributed by atoms with Crippen LogP contribution >= 0.6 is 22.6 Å². The summed E-state index contributed by atoms with van der Waals surface area (Å²) >= 11 is 1.18. The molecule has 0 spiro atoms. The summed E-state index contributed by atoms with van der Waals surface area (Å²) in [5.74, 6) is -1.53. The highest BCUT2D eigenvalue weighted by Crippen LogP contribution is 2.46. The molecule has 0 radical (unpaired) electrons. The Balaban J connectivity index is 3.61. The molecule has 0 saturated carbocycles. The van der Waals surface area contributed by atoms with Gasteiger partial charge in [-0.05, 0) is 34.7 Å². The van der Waals surface area contributed by atoms with E-state index >= 15 is 0 Å². The van der Waals surface area contributed by atoms with Crippen LogP contribution in [0.5, 0.6) is 5.75 Å². The van der Waals surface area contributed by atoms with Gasteiger partial charge in [0.05, 0.1) is 9.13 Å². The Labute approximate surface area is 114 Å². The van der Waals surface area contributed by atoms with E-state index < -0.39 is 39.4 Å². The lowest BCUT2D eigenvalue weighted by Gasteiger charge is -2.20. The van der Waals surface area contributed by atoms with Gasteiger partial charge in [-0.1, -0.05) is 0 Å². The molecule has 0 aliphatic carbocycles. The summed E-state index contributed by atoms with van der Waals surface area (Å²) in [4.78, 5) is 0. The van der Waals surface area contributed by atoms with E-state index in [1.807, 2.05) is 0 Å². The maximum Gasteiger partial charge on any atom is 0.420 e. The van der Waals surface area contributed by atoms with E-state index in [1.54, 1.807) is 0 Å². The first-order valence-corrected chi connectivity index (χ1v) is 5.44. The number of hydrogen-bond acceptors (Lipinski definition) is 1. The molecule has 108 valence electrons. The number of hydrogen-bond donors (Lipinski definition) is 0. The molecule has 0 amide bonds. The standard InChI is InChI=1S/C9H3F8IO/c10-7(11)19-6-4(18)2-1-3(8(12,13)14)5(6)9(15,16)17/h1-2,7H. The van der Waals surface area contributed by atoms with Gasteiger partial charge in [0.1, 0.15) is 5.56 Å². The zero-order valence-electron chi connectivity index (χ0n) is 8.54. The lowest BCUT2D eigenvalue weighted by Crippen LogP contribution is -2.20. The highest BCUT2D eigenvalue weighted by atomic mass is 127. The molecule has 0 aromatic heterocycles. The van der Waals surface area contributed by atoms with Gasteiger partial charge in [0.25, 0.3) is 0 Å². The van der Waals surface area contributed by atoms with E-state index in [-0.39, 0.29) is 6.07 Å². The summed E-state index contributed by atoms with van der Waals surface area (Å²) in [6, 6.07) is 0.791. The summed E-state index contributed by atoms with van der Waals surface area (Å²) in [7, 11) is 0. The minimum atomic E-state index is -5.48. The molecule has 0 aliphatic heterocycles. The van der Waals surface area contributed by atoms with Crippen molar-refractivity contribution < 1.29 is 39.9 Å². The molecule has 0 atom stereocenters. The third-order valence-corrected chi connectivity index (χ3v) is 2.75. The molecule has 0 N–H and O–H groups in total. The second kappa shape index (κ2) is 5.29. The van der Waals surface area contributed by atoms with E-state index in [4.69, 9.17) is 0 Å². The molecule has 19 heavy (non-hydrogen) atoms. The van der Waals surface area contributed by atoms with Gasteiger partial charge in [0, 0.05) is 0 Å². The van der Waals surface area contributed by atoms with Crippen LogP contribution in [-0.4, -0.2) is 6.61 Å². The first kappa shape index (κ1) is 16.2. The molecule has 0 heterocycles. The van der Waals surface area contributed by atoms with Crippen molar-refractivity contribution in [2.75, 3.05) is 0 Å². The number of ether oxygens (including phenoxy) is 1. The lowest BCUT2D eigenvalue weighted by molar-refractivity contribution is -0.165. The van der Waals surface area contributed by atoms with Gasteiger partial charge < -0.3 is 4.74 Å². The topological polar surface area (TPSA) is 9.23 Å². The maximum absolute atomic E-state index is 12.6. The zero-order valence-corrected chi connectivity index (χ0v) is 10.7. The van der Waals surface area contributed by atoms with Gasteiger partial charge in [0.15, 0.2) is 5.75 Å². The van der Waals surface area contributed by atoms with Crippen LogP contribution in [0.2, 0.25) is 0 Å². The van der Waals surface area contributed by atoms with Crippen molar-refractivity contribution in [3.8, 4) is 5.75 Å². The van der Waals surface area contributed by atoms with Crippen molar-refractivity contribution in [3.05, 3.63) is 26.8 Å². The molecule has 1 aromatic carbocycles. The summed E-state index contributed by atoms with van der Waals surface area (Å²) in [5.41, 5.74) is -4.33. The zero-order chi connectivity index (χ0) is 15.0. The van der Waals surface area contributed by atoms with Crippen molar-refractivity contribution >= 4 is 22.6 Å². The molecule has 1 nitrogen and oxygen atoms in total. The summed E-state index contributed by atoms with van der Waals surface area (Å²) < 4.78 is 102. The molecule has 1 aromatic rings. The minimum Gasteiger partial charge on any atom is -0.433 e. The van der Waals surface area contributed by atoms with Crippen LogP contribution in [0.1, 0.15) is 11.1 Å². The Bertz CT molecular complexity index is 465. The maximum atomic E-state index is 12.6. The highest BCUT2D eigenvalue weighted by Gasteiger charge is 2.46. The van der Waals surface area contributed by atoms with Crippen LogP contribution in [-0.2, 0) is 12.4 Å². The first-order chi connectivity index (χ1) is 8.44. The molecule has 0 aliphatic rings. The second-order valence-electron chi connectivity index (χ2n) is 3.17. The molecule has 0 bridgehead atoms. The average Bonchev–Trinajstić information content (AvgIpc) is 2.16. The van der Waals surface area contributed by atoms with Gasteiger partial charge in [-0.2, -0.15) is 35.1 Å². The SMILES string of the molecule is FC(F)Oc1c(I)ccc(C(F)(F)F)c1C(F)(F)F. The third kappa shape index (κ3) is 3.83. The van der Waals surface area contributed by atoms with Gasteiger partial charge in [-0.15, -0.1) is 0 Å². The van der Waals surface area contributed by atoms with Crippen molar-refractivity contribution in [1.82, 2.24) is 0 Å². The van der Waals surface area contributed by atoms with Gasteiger partial charge in [-0.3, -0.25) is 0 Å². The molecule has 1 rings (SSSR count). The molecule has 0 unspecified atom stereocenters. The van der Waals surface area contributed by atoms with Crippen LogP contribution in [0, 0.1) is 3.57 Å². The molecule has 0 fully saturated rings. The van der Waals surface area contributed by atoms with Crippen LogP contribution in [0.3, 0.4) is 0 Å². The fourth-order valence-corrected chi connectivity index (χ4v) is 1.86. The van der Waals surface area contributed by atoms with Gasteiger partial charge in [-0.25, -0.2) is 0 Å². The number of alkyl halides is 8. The van der Waals surface area contributed by atoms with Crippen LogP contribution < -0.4 is 4.74 Å². The van der Waals surface area contributed by atoms with E-state index in [9.17, 15) is 35.1 Å². The number of halogens is 9. The van der Waals surface area contributed by atoms with E-state index in [2.05, 4.69) is 4.74 Å². The fourth-order valence-electron chi connectivity index (χ4n) is 1.28. The first-order valence-electron chi connectivity index (χ1n) is 4.36. The predicted octanol–water partition coefficient (Wildman–Crippen LogP) is 4.93. The third-order valence-electron chi connectivity index (χ3n) is 1.91. The van der Waals surface area contributed by atoms with Gasteiger partial charge >= 0.3 is 19.0 Å². The van der Waals surface area contributed by atoms with E-state index in [0.717, 1.165) is 0 Å². The van der Waals surface area contributed by atoms with E-state index in [1.165, 1.54) is 22.6 Å². The summed E-state index contributed by atoms with van der Waals surface area (Å²) in [6.45, 7) is -3.67. The van der Waals surface area contributed by atoms with E-state index in [0.29, 0.717) is 6.07 Å². The van der Waals surface area contributed by atoms with Crippen LogP contribution in [0.4, 0.5) is 35.1 Å². The minimum absolute atomic E-state index is 0.170. The smallest absolute Gasteiger partial charge is 0.420 e. The Hall–Kier alpha value is -0.810. The van der Waals surface area contributed by atoms with Gasteiger partial charge in [0.2, 0.25) is 0 Å². The Morgan fingerprint density at radius 1 is 0.947 bits per heavy atom. The number of rotatable bonds is 2. The molecule has 0 saturated heterocycles. The van der Waals surface area contributed by atoms with Crippen molar-refractivity contribution in [1.29, 1.82) is 0 Å². The molecular weight excluding hydrogens is 403 g/mol. The van der Waals surface area contributed by atoms with Crippen molar-refractivity contribution in [2.45, 2.75) is 19.0 Å². The van der Waals surface area contributed by atoms with Crippen molar-refractivity contribution in [3.63, 3.8) is 0 Å². The molecular formula is C9H3F8IO. The van der Waals surface area contributed by atoms with Crippen LogP contribution in [0.15, 0.2) is 12.1 Å². The van der Waals surface area contributed by atoms with Crippen LogP contribution in [0.25, 0.3) is 0 Å². The highest BCUT2D eigenvalue weighted by molar-refractivity contribution is 14.1. The number of benzene rings is 1.